The lowest BCUT2D eigenvalue weighted by molar-refractivity contribution is -0.129. The molecule has 2 aromatic heterocycles. The summed E-state index contributed by atoms with van der Waals surface area (Å²) in [6.07, 6.45) is 12.0. The molecule has 1 amide bonds. The van der Waals surface area contributed by atoms with Gasteiger partial charge in [-0.15, -0.1) is 0 Å². The van der Waals surface area contributed by atoms with Crippen LogP contribution in [-0.2, 0) is 29.5 Å². The van der Waals surface area contributed by atoms with E-state index in [1.54, 1.807) is 11.6 Å². The lowest BCUT2D eigenvalue weighted by atomic mass is 9.77. The molecule has 0 N–H and O–H groups in total. The number of aromatic nitrogens is 4. The van der Waals surface area contributed by atoms with Crippen molar-refractivity contribution in [1.29, 1.82) is 5.26 Å². The average Bonchev–Trinajstić information content (AvgIpc) is 3.51. The lowest BCUT2D eigenvalue weighted by Gasteiger charge is -2.44. The fourth-order valence-electron chi connectivity index (χ4n) is 6.61. The van der Waals surface area contributed by atoms with Crippen molar-refractivity contribution >= 4 is 17.3 Å². The molecule has 3 aliphatic heterocycles. The number of nitriles is 1. The minimum atomic E-state index is 0.0566. The summed E-state index contributed by atoms with van der Waals surface area (Å²) >= 11 is 0. The first-order valence-electron chi connectivity index (χ1n) is 13.5. The average molecular weight is 502 g/mol. The number of carbonyl (C=O) groups excluding carboxylic acids is 1. The number of fused-ring (bicyclic) bond motifs is 2. The van der Waals surface area contributed by atoms with Gasteiger partial charge < -0.3 is 14.5 Å². The lowest BCUT2D eigenvalue weighted by Crippen LogP contribution is -2.49. The second-order valence-electron chi connectivity index (χ2n) is 11.1. The first kappa shape index (κ1) is 24.0. The zero-order chi connectivity index (χ0) is 25.7. The summed E-state index contributed by atoms with van der Waals surface area (Å²) < 4.78 is 9.68. The molecule has 3 unspecified atom stereocenters. The van der Waals surface area contributed by atoms with Gasteiger partial charge in [0, 0.05) is 75.6 Å². The maximum atomic E-state index is 12.3. The summed E-state index contributed by atoms with van der Waals surface area (Å²) in [5.74, 6) is 1.84. The Balaban J connectivity index is 1.42. The third-order valence-corrected chi connectivity index (χ3v) is 8.44. The van der Waals surface area contributed by atoms with Crippen molar-refractivity contribution in [3.8, 4) is 6.07 Å². The van der Waals surface area contributed by atoms with E-state index in [1.165, 1.54) is 11.3 Å². The van der Waals surface area contributed by atoms with Gasteiger partial charge in [0.1, 0.15) is 0 Å². The zero-order valence-corrected chi connectivity index (χ0v) is 21.9. The Morgan fingerprint density at radius 1 is 1.24 bits per heavy atom. The predicted octanol–water partition coefficient (Wildman–Crippen LogP) is 3.25. The van der Waals surface area contributed by atoms with Crippen LogP contribution < -0.4 is 4.90 Å². The Labute approximate surface area is 218 Å². The molecule has 1 aliphatic carbocycles. The highest BCUT2D eigenvalue weighted by Crippen LogP contribution is 2.42. The van der Waals surface area contributed by atoms with E-state index in [2.05, 4.69) is 39.8 Å². The van der Waals surface area contributed by atoms with Crippen molar-refractivity contribution in [2.45, 2.75) is 58.2 Å². The van der Waals surface area contributed by atoms with Gasteiger partial charge in [-0.3, -0.25) is 14.2 Å². The van der Waals surface area contributed by atoms with Gasteiger partial charge in [0.05, 0.1) is 36.5 Å². The van der Waals surface area contributed by atoms with Crippen LogP contribution in [0.1, 0.15) is 56.0 Å². The smallest absolute Gasteiger partial charge is 0.219 e. The van der Waals surface area contributed by atoms with E-state index in [4.69, 9.17) is 9.84 Å². The largest absolute Gasteiger partial charge is 0.381 e. The third kappa shape index (κ3) is 4.27. The highest BCUT2D eigenvalue weighted by Gasteiger charge is 2.40. The molecule has 2 fully saturated rings. The molecule has 6 rings (SSSR count). The maximum Gasteiger partial charge on any atom is 0.219 e. The quantitative estimate of drug-likeness (QED) is 0.641. The molecule has 9 nitrogen and oxygen atoms in total. The molecule has 4 aliphatic rings. The van der Waals surface area contributed by atoms with Crippen LogP contribution in [-0.4, -0.2) is 62.7 Å². The van der Waals surface area contributed by atoms with Crippen molar-refractivity contribution in [3.63, 3.8) is 0 Å². The Hall–Kier alpha value is -3.38. The Morgan fingerprint density at radius 2 is 2.05 bits per heavy atom. The van der Waals surface area contributed by atoms with Gasteiger partial charge in [-0.05, 0) is 36.8 Å². The standard InChI is InChI=1S/C28H35N7O2/c1-18-10-20-11-24(22-14-30-32(3)16-22)21(13-29)12-27(20)34(15-18)28-25-17-33(19(2)36)7-4-26(25)35(31-28)23-5-8-37-9-6-23/h11-12,14,16,18,20,23,27H,4-10,15,17H2,1-3H3. The van der Waals surface area contributed by atoms with Gasteiger partial charge in [0.2, 0.25) is 5.91 Å². The van der Waals surface area contributed by atoms with Crippen LogP contribution in [0.25, 0.3) is 5.57 Å². The molecule has 0 aromatic carbocycles. The normalized spacial score (nSPS) is 26.2. The highest BCUT2D eigenvalue weighted by atomic mass is 16.5. The number of piperidine rings is 1. The summed E-state index contributed by atoms with van der Waals surface area (Å²) in [4.78, 5) is 16.7. The fourth-order valence-corrected chi connectivity index (χ4v) is 6.61. The monoisotopic (exact) mass is 501 g/mol. The predicted molar refractivity (Wildman–Crippen MR) is 139 cm³/mol. The molecule has 2 aromatic rings. The van der Waals surface area contributed by atoms with E-state index in [1.807, 2.05) is 24.3 Å². The zero-order valence-electron chi connectivity index (χ0n) is 21.9. The summed E-state index contributed by atoms with van der Waals surface area (Å²) in [6.45, 7) is 7.68. The van der Waals surface area contributed by atoms with Gasteiger partial charge in [-0.25, -0.2) is 0 Å². The summed E-state index contributed by atoms with van der Waals surface area (Å²) in [6, 6.07) is 2.84. The number of ether oxygens (including phenoxy) is 1. The molecule has 0 bridgehead atoms. The summed E-state index contributed by atoms with van der Waals surface area (Å²) in [5.41, 5.74) is 5.09. The Kier molecular flexibility index (Phi) is 6.15. The van der Waals surface area contributed by atoms with Crippen LogP contribution in [0, 0.1) is 23.2 Å². The van der Waals surface area contributed by atoms with Crippen molar-refractivity contribution in [2.24, 2.45) is 18.9 Å². The van der Waals surface area contributed by atoms with Crippen LogP contribution >= 0.6 is 0 Å². The first-order chi connectivity index (χ1) is 17.9. The molecule has 5 heterocycles. The maximum absolute atomic E-state index is 12.3. The van der Waals surface area contributed by atoms with Gasteiger partial charge in [-0.2, -0.15) is 15.5 Å². The van der Waals surface area contributed by atoms with Crippen molar-refractivity contribution in [2.75, 3.05) is 31.2 Å². The number of rotatable bonds is 3. The van der Waals surface area contributed by atoms with Crippen molar-refractivity contribution in [3.05, 3.63) is 46.9 Å². The molecule has 0 radical (unpaired) electrons. The minimum Gasteiger partial charge on any atom is -0.381 e. The molecule has 9 heteroatoms. The van der Waals surface area contributed by atoms with Crippen LogP contribution in [0.4, 0.5) is 5.82 Å². The van der Waals surface area contributed by atoms with E-state index in [0.29, 0.717) is 24.1 Å². The van der Waals surface area contributed by atoms with Crippen LogP contribution in [0.15, 0.2) is 30.1 Å². The van der Waals surface area contributed by atoms with Crippen molar-refractivity contribution in [1.82, 2.24) is 24.5 Å². The Morgan fingerprint density at radius 3 is 2.76 bits per heavy atom. The van der Waals surface area contributed by atoms with E-state index in [0.717, 1.165) is 68.9 Å². The second-order valence-corrected chi connectivity index (χ2v) is 11.1. The van der Waals surface area contributed by atoms with E-state index >= 15 is 0 Å². The molecule has 194 valence electrons. The number of amides is 1. The molecule has 3 atom stereocenters. The van der Waals surface area contributed by atoms with Crippen LogP contribution in [0.2, 0.25) is 0 Å². The van der Waals surface area contributed by atoms with Gasteiger partial charge >= 0.3 is 0 Å². The van der Waals surface area contributed by atoms with Crippen molar-refractivity contribution < 1.29 is 9.53 Å². The third-order valence-electron chi connectivity index (χ3n) is 8.44. The highest BCUT2D eigenvalue weighted by molar-refractivity contribution is 5.84. The van der Waals surface area contributed by atoms with Gasteiger partial charge in [-0.1, -0.05) is 13.0 Å². The van der Waals surface area contributed by atoms with E-state index in [-0.39, 0.29) is 17.9 Å². The topological polar surface area (TPSA) is 92.2 Å². The summed E-state index contributed by atoms with van der Waals surface area (Å²) in [5, 5.41) is 19.7. The van der Waals surface area contributed by atoms with E-state index in [9.17, 15) is 10.1 Å². The molecule has 0 spiro atoms. The number of aryl methyl sites for hydroxylation is 1. The number of nitrogens with zero attached hydrogens (tertiary/aromatic N) is 7. The summed E-state index contributed by atoms with van der Waals surface area (Å²) in [7, 11) is 1.90. The number of anilines is 1. The number of hydrogen-bond acceptors (Lipinski definition) is 6. The van der Waals surface area contributed by atoms with Crippen LogP contribution in [0.5, 0.6) is 0 Å². The first-order valence-corrected chi connectivity index (χ1v) is 13.5. The van der Waals surface area contributed by atoms with Gasteiger partial charge in [0.25, 0.3) is 0 Å². The molecule has 2 saturated heterocycles. The number of carbonyl (C=O) groups is 1. The Bertz CT molecular complexity index is 1310. The van der Waals surface area contributed by atoms with Crippen LogP contribution in [0.3, 0.4) is 0 Å². The molecular weight excluding hydrogens is 466 g/mol. The number of hydrogen-bond donors (Lipinski definition) is 0. The molecular formula is C28H35N7O2. The number of allylic oxidation sites excluding steroid dienone is 2. The van der Waals surface area contributed by atoms with E-state index < -0.39 is 0 Å². The molecule has 37 heavy (non-hydrogen) atoms. The SMILES string of the molecule is CC(=O)N1CCc2c(c(N3CC(C)CC4C=C(c5cnn(C)c5)C(C#N)=CC43)nn2C2CCOCC2)C1. The van der Waals surface area contributed by atoms with Gasteiger partial charge in [0.15, 0.2) is 5.82 Å². The second kappa shape index (κ2) is 9.49. The minimum absolute atomic E-state index is 0.0566. The molecule has 0 saturated carbocycles. The fraction of sp³-hybridized carbons (Fsp3) is 0.571.